The van der Waals surface area contributed by atoms with E-state index in [4.69, 9.17) is 9.97 Å². The topological polar surface area (TPSA) is 53.1 Å². The van der Waals surface area contributed by atoms with Gasteiger partial charge in [-0.15, -0.1) is 0 Å². The second-order valence-electron chi connectivity index (χ2n) is 5.28. The van der Waals surface area contributed by atoms with Gasteiger partial charge in [-0.25, -0.2) is 9.97 Å². The first-order valence-corrected chi connectivity index (χ1v) is 6.74. The van der Waals surface area contributed by atoms with E-state index in [1.54, 1.807) is 0 Å². The third kappa shape index (κ3) is 2.08. The summed E-state index contributed by atoms with van der Waals surface area (Å²) >= 11 is 0. The van der Waals surface area contributed by atoms with Gasteiger partial charge in [-0.05, 0) is 26.4 Å². The van der Waals surface area contributed by atoms with Crippen LogP contribution in [0.4, 0.5) is 5.82 Å². The van der Waals surface area contributed by atoms with Gasteiger partial charge in [-0.3, -0.25) is 0 Å². The molecule has 0 amide bonds. The molecule has 2 aliphatic heterocycles. The Morgan fingerprint density at radius 3 is 3.00 bits per heavy atom. The van der Waals surface area contributed by atoms with Crippen molar-refractivity contribution >= 4 is 5.82 Å². The van der Waals surface area contributed by atoms with E-state index >= 15 is 0 Å². The van der Waals surface area contributed by atoms with Gasteiger partial charge in [0.2, 0.25) is 0 Å². The van der Waals surface area contributed by atoms with Crippen molar-refractivity contribution in [1.29, 1.82) is 0 Å². The molecular formula is C13H21N5. The van der Waals surface area contributed by atoms with Crippen molar-refractivity contribution in [3.8, 4) is 0 Å². The molecule has 2 N–H and O–H groups in total. The van der Waals surface area contributed by atoms with Gasteiger partial charge >= 0.3 is 0 Å². The molecule has 1 unspecified atom stereocenters. The van der Waals surface area contributed by atoms with Crippen LogP contribution in [-0.2, 0) is 13.0 Å². The summed E-state index contributed by atoms with van der Waals surface area (Å²) in [7, 11) is 4.11. The third-order valence-electron chi connectivity index (χ3n) is 3.94. The molecule has 0 bridgehead atoms. The first-order valence-electron chi connectivity index (χ1n) is 6.74. The second-order valence-corrected chi connectivity index (χ2v) is 5.28. The maximum atomic E-state index is 4.82. The highest BCUT2D eigenvalue weighted by Crippen LogP contribution is 2.27. The van der Waals surface area contributed by atoms with E-state index in [9.17, 15) is 0 Å². The van der Waals surface area contributed by atoms with Crippen LogP contribution in [0.3, 0.4) is 0 Å². The number of aromatic nitrogens is 2. The SMILES string of the molecule is CNc1nc(C2CCNC2)nc2c1CCN(C)C2. The Hall–Kier alpha value is -1.20. The standard InChI is InChI=1S/C13H21N5/c1-14-13-10-4-6-18(2)8-11(10)16-12(17-13)9-3-5-15-7-9/h9,15H,3-8H2,1-2H3,(H,14,16,17). The summed E-state index contributed by atoms with van der Waals surface area (Å²) in [6, 6.07) is 0. The number of hydrogen-bond donors (Lipinski definition) is 2. The van der Waals surface area contributed by atoms with Crippen LogP contribution in [-0.4, -0.2) is 48.6 Å². The zero-order valence-corrected chi connectivity index (χ0v) is 11.2. The number of nitrogens with zero attached hydrogens (tertiary/aromatic N) is 3. The minimum atomic E-state index is 0.481. The van der Waals surface area contributed by atoms with Crippen molar-refractivity contribution in [3.05, 3.63) is 17.1 Å². The molecule has 0 aromatic carbocycles. The van der Waals surface area contributed by atoms with Gasteiger partial charge in [0, 0.05) is 38.2 Å². The number of hydrogen-bond acceptors (Lipinski definition) is 5. The molecule has 5 nitrogen and oxygen atoms in total. The molecule has 1 aromatic heterocycles. The molecule has 18 heavy (non-hydrogen) atoms. The maximum Gasteiger partial charge on any atom is 0.135 e. The molecule has 1 saturated heterocycles. The summed E-state index contributed by atoms with van der Waals surface area (Å²) in [4.78, 5) is 11.9. The van der Waals surface area contributed by atoms with Crippen molar-refractivity contribution < 1.29 is 0 Å². The third-order valence-corrected chi connectivity index (χ3v) is 3.94. The second kappa shape index (κ2) is 4.82. The zero-order valence-electron chi connectivity index (χ0n) is 11.2. The fourth-order valence-corrected chi connectivity index (χ4v) is 2.84. The average molecular weight is 247 g/mol. The summed E-state index contributed by atoms with van der Waals surface area (Å²) < 4.78 is 0. The first-order chi connectivity index (χ1) is 8.78. The Morgan fingerprint density at radius 2 is 2.28 bits per heavy atom. The minimum Gasteiger partial charge on any atom is -0.373 e. The van der Waals surface area contributed by atoms with Crippen LogP contribution in [0.1, 0.15) is 29.4 Å². The van der Waals surface area contributed by atoms with Crippen LogP contribution in [0, 0.1) is 0 Å². The molecule has 1 aromatic rings. The highest BCUT2D eigenvalue weighted by atomic mass is 15.1. The lowest BCUT2D eigenvalue weighted by atomic mass is 10.0. The van der Waals surface area contributed by atoms with Gasteiger partial charge < -0.3 is 15.5 Å². The zero-order chi connectivity index (χ0) is 12.5. The van der Waals surface area contributed by atoms with Crippen LogP contribution >= 0.6 is 0 Å². The van der Waals surface area contributed by atoms with Crippen LogP contribution in [0.2, 0.25) is 0 Å². The lowest BCUT2D eigenvalue weighted by molar-refractivity contribution is 0.306. The molecule has 1 fully saturated rings. The number of fused-ring (bicyclic) bond motifs is 1. The quantitative estimate of drug-likeness (QED) is 0.801. The number of nitrogens with one attached hydrogen (secondary N) is 2. The average Bonchev–Trinajstić information content (AvgIpc) is 2.90. The molecule has 0 spiro atoms. The largest absolute Gasteiger partial charge is 0.373 e. The molecule has 0 radical (unpaired) electrons. The maximum absolute atomic E-state index is 4.82. The molecule has 3 rings (SSSR count). The molecule has 1 atom stereocenters. The highest BCUT2D eigenvalue weighted by molar-refractivity contribution is 5.47. The molecule has 2 aliphatic rings. The number of likely N-dealkylation sites (N-methyl/N-ethyl adjacent to an activating group) is 1. The predicted molar refractivity (Wildman–Crippen MR) is 71.8 cm³/mol. The Kier molecular flexibility index (Phi) is 3.18. The highest BCUT2D eigenvalue weighted by Gasteiger charge is 2.24. The Balaban J connectivity index is 1.99. The van der Waals surface area contributed by atoms with Crippen molar-refractivity contribution in [2.75, 3.05) is 39.0 Å². The Morgan fingerprint density at radius 1 is 1.39 bits per heavy atom. The fraction of sp³-hybridized carbons (Fsp3) is 0.692. The fourth-order valence-electron chi connectivity index (χ4n) is 2.84. The van der Waals surface area contributed by atoms with E-state index in [0.717, 1.165) is 50.7 Å². The van der Waals surface area contributed by atoms with Crippen molar-refractivity contribution in [3.63, 3.8) is 0 Å². The van der Waals surface area contributed by atoms with E-state index in [0.29, 0.717) is 5.92 Å². The van der Waals surface area contributed by atoms with Gasteiger partial charge in [0.25, 0.3) is 0 Å². The van der Waals surface area contributed by atoms with E-state index in [-0.39, 0.29) is 0 Å². The van der Waals surface area contributed by atoms with Crippen LogP contribution in [0.25, 0.3) is 0 Å². The molecule has 0 saturated carbocycles. The smallest absolute Gasteiger partial charge is 0.135 e. The molecular weight excluding hydrogens is 226 g/mol. The number of anilines is 1. The summed E-state index contributed by atoms with van der Waals surface area (Å²) in [5.41, 5.74) is 2.52. The van der Waals surface area contributed by atoms with Gasteiger partial charge in [-0.2, -0.15) is 0 Å². The Bertz CT molecular complexity index is 439. The lowest BCUT2D eigenvalue weighted by Gasteiger charge is -2.26. The lowest BCUT2D eigenvalue weighted by Crippen LogP contribution is -2.29. The molecule has 3 heterocycles. The van der Waals surface area contributed by atoms with Crippen molar-refractivity contribution in [2.45, 2.75) is 25.3 Å². The van der Waals surface area contributed by atoms with E-state index in [1.165, 1.54) is 11.3 Å². The normalized spacial score (nSPS) is 24.0. The van der Waals surface area contributed by atoms with Crippen molar-refractivity contribution in [1.82, 2.24) is 20.2 Å². The van der Waals surface area contributed by atoms with Crippen LogP contribution in [0.5, 0.6) is 0 Å². The van der Waals surface area contributed by atoms with Gasteiger partial charge in [-0.1, -0.05) is 0 Å². The van der Waals surface area contributed by atoms with E-state index < -0.39 is 0 Å². The monoisotopic (exact) mass is 247 g/mol. The molecule has 98 valence electrons. The summed E-state index contributed by atoms with van der Waals surface area (Å²) in [5, 5.41) is 6.63. The van der Waals surface area contributed by atoms with Gasteiger partial charge in [0.05, 0.1) is 5.69 Å². The van der Waals surface area contributed by atoms with Crippen LogP contribution in [0.15, 0.2) is 0 Å². The summed E-state index contributed by atoms with van der Waals surface area (Å²) in [6.45, 7) is 4.13. The van der Waals surface area contributed by atoms with Gasteiger partial charge in [0.1, 0.15) is 11.6 Å². The van der Waals surface area contributed by atoms with Gasteiger partial charge in [0.15, 0.2) is 0 Å². The summed E-state index contributed by atoms with van der Waals surface area (Å²) in [6.07, 6.45) is 2.20. The van der Waals surface area contributed by atoms with E-state index in [1.807, 2.05) is 7.05 Å². The van der Waals surface area contributed by atoms with Crippen LogP contribution < -0.4 is 10.6 Å². The summed E-state index contributed by atoms with van der Waals surface area (Å²) in [5.74, 6) is 2.53. The molecule has 0 aliphatic carbocycles. The minimum absolute atomic E-state index is 0.481. The first kappa shape index (κ1) is 11.9. The molecule has 5 heteroatoms. The van der Waals surface area contributed by atoms with E-state index in [2.05, 4.69) is 22.6 Å². The Labute approximate surface area is 108 Å². The van der Waals surface area contributed by atoms with Crippen molar-refractivity contribution in [2.24, 2.45) is 0 Å². The number of rotatable bonds is 2. The predicted octanol–water partition coefficient (Wildman–Crippen LogP) is 0.583.